The summed E-state index contributed by atoms with van der Waals surface area (Å²) in [6.07, 6.45) is 5.93. The number of hydrogen-bond acceptors (Lipinski definition) is 6. The Kier molecular flexibility index (Phi) is 4.56. The molecule has 1 N–H and O–H groups in total. The van der Waals surface area contributed by atoms with E-state index in [1.165, 1.54) is 10.8 Å². The summed E-state index contributed by atoms with van der Waals surface area (Å²) in [6, 6.07) is 12.7. The van der Waals surface area contributed by atoms with Gasteiger partial charge in [-0.1, -0.05) is 24.3 Å². The molecule has 0 spiro atoms. The number of nitrogens with zero attached hydrogens (tertiary/aromatic N) is 5. The van der Waals surface area contributed by atoms with Crippen LogP contribution in [0.4, 0.5) is 17.6 Å². The number of nitrogens with one attached hydrogen (secondary N) is 1. The average molecular weight is 348 g/mol. The first-order valence-corrected chi connectivity index (χ1v) is 9.06. The van der Waals surface area contributed by atoms with Crippen molar-refractivity contribution in [3.63, 3.8) is 0 Å². The summed E-state index contributed by atoms with van der Waals surface area (Å²) in [5, 5.41) is 5.95. The van der Waals surface area contributed by atoms with E-state index in [4.69, 9.17) is 0 Å². The molecule has 26 heavy (non-hydrogen) atoms. The van der Waals surface area contributed by atoms with Gasteiger partial charge in [0.15, 0.2) is 0 Å². The number of rotatable bonds is 4. The third-order valence-corrected chi connectivity index (χ3v) is 4.81. The van der Waals surface area contributed by atoms with Crippen LogP contribution in [0.15, 0.2) is 48.8 Å². The molecule has 3 heterocycles. The highest BCUT2D eigenvalue weighted by molar-refractivity contribution is 5.92. The van der Waals surface area contributed by atoms with E-state index >= 15 is 0 Å². The van der Waals surface area contributed by atoms with E-state index in [2.05, 4.69) is 55.5 Å². The lowest BCUT2D eigenvalue weighted by atomic mass is 10.0. The van der Waals surface area contributed by atoms with Gasteiger partial charge in [0.25, 0.3) is 0 Å². The Labute approximate surface area is 153 Å². The maximum Gasteiger partial charge on any atom is 0.224 e. The van der Waals surface area contributed by atoms with Crippen molar-refractivity contribution in [3.05, 3.63) is 48.8 Å². The number of hydrogen-bond donors (Lipinski definition) is 1. The van der Waals surface area contributed by atoms with Crippen molar-refractivity contribution >= 4 is 28.4 Å². The van der Waals surface area contributed by atoms with E-state index in [-0.39, 0.29) is 0 Å². The number of piperidine rings is 1. The van der Waals surface area contributed by atoms with Crippen molar-refractivity contribution < 1.29 is 0 Å². The van der Waals surface area contributed by atoms with E-state index in [1.54, 1.807) is 6.20 Å². The molecule has 0 aliphatic carbocycles. The minimum atomic E-state index is 0.307. The Morgan fingerprint density at radius 3 is 2.81 bits per heavy atom. The quantitative estimate of drug-likeness (QED) is 0.781. The van der Waals surface area contributed by atoms with Gasteiger partial charge in [-0.3, -0.25) is 0 Å². The van der Waals surface area contributed by atoms with Crippen molar-refractivity contribution in [1.82, 2.24) is 15.0 Å². The highest BCUT2D eigenvalue weighted by Gasteiger charge is 2.22. The molecule has 0 amide bonds. The summed E-state index contributed by atoms with van der Waals surface area (Å²) in [7, 11) is 3.97. The summed E-state index contributed by atoms with van der Waals surface area (Å²) in [5.41, 5.74) is 0. The molecule has 6 heteroatoms. The standard InChI is InChI=1S/C20H24N6/c1-25(2)18-10-12-22-20(24-18)23-16-7-5-13-26(14-16)19-17-8-4-3-6-15(17)9-11-21-19/h3-4,6,8-12,16H,5,7,13-14H2,1-2H3,(H,22,23,24). The van der Waals surface area contributed by atoms with Crippen LogP contribution in [0.2, 0.25) is 0 Å². The molecule has 1 unspecified atom stereocenters. The van der Waals surface area contributed by atoms with Crippen molar-refractivity contribution in [2.75, 3.05) is 42.3 Å². The second-order valence-electron chi connectivity index (χ2n) is 6.92. The Balaban J connectivity index is 1.53. The highest BCUT2D eigenvalue weighted by Crippen LogP contribution is 2.27. The minimum absolute atomic E-state index is 0.307. The molecule has 3 aromatic rings. The molecule has 6 nitrogen and oxygen atoms in total. The fourth-order valence-corrected chi connectivity index (χ4v) is 3.49. The lowest BCUT2D eigenvalue weighted by Gasteiger charge is -2.34. The fraction of sp³-hybridized carbons (Fsp3) is 0.350. The molecule has 4 rings (SSSR count). The molecule has 1 atom stereocenters. The first-order valence-electron chi connectivity index (χ1n) is 9.06. The highest BCUT2D eigenvalue weighted by atomic mass is 15.2. The minimum Gasteiger partial charge on any atom is -0.363 e. The molecule has 1 aliphatic rings. The summed E-state index contributed by atoms with van der Waals surface area (Å²) >= 11 is 0. The van der Waals surface area contributed by atoms with E-state index in [0.717, 1.165) is 37.6 Å². The third kappa shape index (κ3) is 3.40. The second-order valence-corrected chi connectivity index (χ2v) is 6.92. The van der Waals surface area contributed by atoms with Gasteiger partial charge in [0, 0.05) is 51.0 Å². The van der Waals surface area contributed by atoms with Crippen LogP contribution in [-0.4, -0.2) is 48.2 Å². The van der Waals surface area contributed by atoms with Crippen molar-refractivity contribution in [2.24, 2.45) is 0 Å². The number of aromatic nitrogens is 3. The molecule has 1 aliphatic heterocycles. The smallest absolute Gasteiger partial charge is 0.224 e. The van der Waals surface area contributed by atoms with Gasteiger partial charge < -0.3 is 15.1 Å². The van der Waals surface area contributed by atoms with Crippen molar-refractivity contribution in [2.45, 2.75) is 18.9 Å². The van der Waals surface area contributed by atoms with Gasteiger partial charge in [-0.25, -0.2) is 9.97 Å². The maximum absolute atomic E-state index is 4.67. The van der Waals surface area contributed by atoms with Gasteiger partial charge in [-0.15, -0.1) is 0 Å². The number of pyridine rings is 1. The Hall–Kier alpha value is -2.89. The largest absolute Gasteiger partial charge is 0.363 e. The third-order valence-electron chi connectivity index (χ3n) is 4.81. The van der Waals surface area contributed by atoms with Crippen LogP contribution in [0.1, 0.15) is 12.8 Å². The van der Waals surface area contributed by atoms with Gasteiger partial charge in [0.2, 0.25) is 5.95 Å². The van der Waals surface area contributed by atoms with Gasteiger partial charge in [0.05, 0.1) is 0 Å². The first kappa shape index (κ1) is 16.6. The number of fused-ring (bicyclic) bond motifs is 1. The molecule has 1 fully saturated rings. The van der Waals surface area contributed by atoms with Crippen LogP contribution < -0.4 is 15.1 Å². The van der Waals surface area contributed by atoms with E-state index in [9.17, 15) is 0 Å². The predicted molar refractivity (Wildman–Crippen MR) is 107 cm³/mol. The zero-order chi connectivity index (χ0) is 17.9. The van der Waals surface area contributed by atoms with Gasteiger partial charge in [-0.2, -0.15) is 4.98 Å². The van der Waals surface area contributed by atoms with Gasteiger partial charge >= 0.3 is 0 Å². The van der Waals surface area contributed by atoms with Crippen molar-refractivity contribution in [1.29, 1.82) is 0 Å². The molecule has 0 radical (unpaired) electrons. The second kappa shape index (κ2) is 7.15. The topological polar surface area (TPSA) is 57.2 Å². The summed E-state index contributed by atoms with van der Waals surface area (Å²) in [4.78, 5) is 18.0. The molecule has 0 bridgehead atoms. The van der Waals surface area contributed by atoms with E-state index in [0.29, 0.717) is 12.0 Å². The van der Waals surface area contributed by atoms with Crippen LogP contribution in [0, 0.1) is 0 Å². The van der Waals surface area contributed by atoms with Gasteiger partial charge in [0.1, 0.15) is 11.6 Å². The molecule has 2 aromatic heterocycles. The maximum atomic E-state index is 4.67. The Morgan fingerprint density at radius 1 is 1.08 bits per heavy atom. The zero-order valence-corrected chi connectivity index (χ0v) is 15.3. The lowest BCUT2D eigenvalue weighted by Crippen LogP contribution is -2.43. The van der Waals surface area contributed by atoms with Crippen LogP contribution in [0.3, 0.4) is 0 Å². The first-order chi connectivity index (χ1) is 12.7. The van der Waals surface area contributed by atoms with Crippen LogP contribution >= 0.6 is 0 Å². The molecule has 0 saturated carbocycles. The predicted octanol–water partition coefficient (Wildman–Crippen LogP) is 3.17. The lowest BCUT2D eigenvalue weighted by molar-refractivity contribution is 0.525. The van der Waals surface area contributed by atoms with Crippen LogP contribution in [-0.2, 0) is 0 Å². The number of benzene rings is 1. The molecular weight excluding hydrogens is 324 g/mol. The normalized spacial score (nSPS) is 17.3. The average Bonchev–Trinajstić information content (AvgIpc) is 2.68. The van der Waals surface area contributed by atoms with Gasteiger partial charge in [-0.05, 0) is 30.4 Å². The van der Waals surface area contributed by atoms with Crippen LogP contribution in [0.25, 0.3) is 10.8 Å². The summed E-state index contributed by atoms with van der Waals surface area (Å²) in [6.45, 7) is 1.92. The molecule has 134 valence electrons. The monoisotopic (exact) mass is 348 g/mol. The van der Waals surface area contributed by atoms with Crippen LogP contribution in [0.5, 0.6) is 0 Å². The van der Waals surface area contributed by atoms with E-state index in [1.807, 2.05) is 31.3 Å². The fourth-order valence-electron chi connectivity index (χ4n) is 3.49. The number of anilines is 3. The SMILES string of the molecule is CN(C)c1ccnc(NC2CCCN(c3nccc4ccccc34)C2)n1. The molecule has 1 aromatic carbocycles. The Morgan fingerprint density at radius 2 is 1.92 bits per heavy atom. The Bertz CT molecular complexity index is 889. The molecule has 1 saturated heterocycles. The van der Waals surface area contributed by atoms with E-state index < -0.39 is 0 Å². The zero-order valence-electron chi connectivity index (χ0n) is 15.3. The van der Waals surface area contributed by atoms with Crippen molar-refractivity contribution in [3.8, 4) is 0 Å². The summed E-state index contributed by atoms with van der Waals surface area (Å²) in [5.74, 6) is 2.66. The molecular formula is C20H24N6. The summed E-state index contributed by atoms with van der Waals surface area (Å²) < 4.78 is 0.